The molecule has 0 bridgehead atoms. The van der Waals surface area contributed by atoms with Crippen LogP contribution in [0.2, 0.25) is 5.02 Å². The minimum atomic E-state index is -0.648. The number of benzene rings is 2. The lowest BCUT2D eigenvalue weighted by atomic mass is 10.2. The van der Waals surface area contributed by atoms with Crippen molar-refractivity contribution < 1.29 is 14.3 Å². The molecule has 132 valence electrons. The van der Waals surface area contributed by atoms with E-state index in [2.05, 4.69) is 15.3 Å². The zero-order valence-corrected chi connectivity index (χ0v) is 14.2. The summed E-state index contributed by atoms with van der Waals surface area (Å²) in [6.07, 6.45) is 2.76. The number of imidazole rings is 1. The molecule has 7 nitrogen and oxygen atoms in total. The second-order valence-electron chi connectivity index (χ2n) is 5.38. The van der Waals surface area contributed by atoms with Crippen LogP contribution in [0.15, 0.2) is 53.3 Å². The van der Waals surface area contributed by atoms with E-state index >= 15 is 0 Å². The number of amides is 1. The molecule has 3 aromatic rings. The highest BCUT2D eigenvalue weighted by Gasteiger charge is 2.07. The Hall–Kier alpha value is -3.32. The van der Waals surface area contributed by atoms with E-state index in [0.717, 1.165) is 5.56 Å². The molecule has 0 atom stereocenters. The second kappa shape index (κ2) is 7.71. The number of rotatable bonds is 5. The fraction of sp³-hybridized carbons (Fsp3) is 0.0556. The number of halogens is 1. The summed E-state index contributed by atoms with van der Waals surface area (Å²) in [5.74, 6) is -1.14. The maximum atomic E-state index is 11.9. The second-order valence-corrected chi connectivity index (χ2v) is 5.82. The van der Waals surface area contributed by atoms with Gasteiger partial charge in [-0.1, -0.05) is 23.7 Å². The predicted molar refractivity (Wildman–Crippen MR) is 99.0 cm³/mol. The Morgan fingerprint density at radius 2 is 1.92 bits per heavy atom. The lowest BCUT2D eigenvalue weighted by Gasteiger charge is -2.05. The number of carbonyl (C=O) groups excluding carboxylic acids is 2. The van der Waals surface area contributed by atoms with Gasteiger partial charge in [0.25, 0.3) is 5.91 Å². The zero-order chi connectivity index (χ0) is 18.5. The van der Waals surface area contributed by atoms with Gasteiger partial charge in [-0.25, -0.2) is 9.59 Å². The van der Waals surface area contributed by atoms with Crippen molar-refractivity contribution in [1.29, 1.82) is 0 Å². The van der Waals surface area contributed by atoms with Crippen LogP contribution in [0.5, 0.6) is 0 Å². The van der Waals surface area contributed by atoms with Crippen LogP contribution in [0.4, 0.5) is 5.69 Å². The highest BCUT2D eigenvalue weighted by atomic mass is 35.5. The Morgan fingerprint density at radius 3 is 2.73 bits per heavy atom. The van der Waals surface area contributed by atoms with Gasteiger partial charge in [0.15, 0.2) is 6.61 Å². The fourth-order valence-corrected chi connectivity index (χ4v) is 2.47. The van der Waals surface area contributed by atoms with Crippen LogP contribution in [0.3, 0.4) is 0 Å². The van der Waals surface area contributed by atoms with Gasteiger partial charge < -0.3 is 20.0 Å². The number of aromatic amines is 2. The summed E-state index contributed by atoms with van der Waals surface area (Å²) in [4.78, 5) is 39.9. The van der Waals surface area contributed by atoms with Gasteiger partial charge in [-0.3, -0.25) is 4.79 Å². The molecule has 0 unspecified atom stereocenters. The first-order valence-corrected chi connectivity index (χ1v) is 8.00. The van der Waals surface area contributed by atoms with E-state index in [1.54, 1.807) is 48.5 Å². The maximum Gasteiger partial charge on any atom is 0.331 e. The molecule has 0 aliphatic heterocycles. The zero-order valence-electron chi connectivity index (χ0n) is 13.4. The van der Waals surface area contributed by atoms with Gasteiger partial charge in [0, 0.05) is 16.8 Å². The third-order valence-electron chi connectivity index (χ3n) is 3.41. The predicted octanol–water partition coefficient (Wildman–Crippen LogP) is 2.70. The van der Waals surface area contributed by atoms with Crippen LogP contribution < -0.4 is 11.0 Å². The van der Waals surface area contributed by atoms with Gasteiger partial charge in [0.05, 0.1) is 11.0 Å². The number of hydrogen-bond acceptors (Lipinski definition) is 4. The first kappa shape index (κ1) is 17.5. The smallest absolute Gasteiger partial charge is 0.331 e. The van der Waals surface area contributed by atoms with Crippen molar-refractivity contribution in [1.82, 2.24) is 9.97 Å². The quantitative estimate of drug-likeness (QED) is 0.473. The van der Waals surface area contributed by atoms with E-state index in [4.69, 9.17) is 16.3 Å². The molecule has 3 N–H and O–H groups in total. The molecule has 1 aromatic heterocycles. The van der Waals surface area contributed by atoms with Crippen LogP contribution in [0.1, 0.15) is 5.56 Å². The molecule has 0 spiro atoms. The minimum Gasteiger partial charge on any atom is -0.452 e. The summed E-state index contributed by atoms with van der Waals surface area (Å²) in [6.45, 7) is -0.430. The van der Waals surface area contributed by atoms with Crippen molar-refractivity contribution in [2.45, 2.75) is 0 Å². The van der Waals surface area contributed by atoms with Crippen LogP contribution >= 0.6 is 11.6 Å². The van der Waals surface area contributed by atoms with Crippen molar-refractivity contribution in [2.75, 3.05) is 11.9 Å². The summed E-state index contributed by atoms with van der Waals surface area (Å²) in [5.41, 5.74) is 2.08. The first-order chi connectivity index (χ1) is 12.5. The summed E-state index contributed by atoms with van der Waals surface area (Å²) < 4.78 is 4.88. The summed E-state index contributed by atoms with van der Waals surface area (Å²) in [5, 5.41) is 3.14. The van der Waals surface area contributed by atoms with Gasteiger partial charge in [0.2, 0.25) is 0 Å². The van der Waals surface area contributed by atoms with E-state index in [-0.39, 0.29) is 5.69 Å². The molecular formula is C18H14ClN3O4. The molecule has 3 rings (SSSR count). The average molecular weight is 372 g/mol. The number of ether oxygens (including phenoxy) is 1. The number of nitrogens with one attached hydrogen (secondary N) is 3. The van der Waals surface area contributed by atoms with Gasteiger partial charge in [-0.05, 0) is 42.0 Å². The number of hydrogen-bond donors (Lipinski definition) is 3. The van der Waals surface area contributed by atoms with Gasteiger partial charge >= 0.3 is 11.7 Å². The van der Waals surface area contributed by atoms with Crippen LogP contribution in [0.25, 0.3) is 17.1 Å². The monoisotopic (exact) mass is 371 g/mol. The Kier molecular flexibility index (Phi) is 5.19. The molecule has 1 heterocycles. The molecule has 0 aliphatic rings. The number of anilines is 1. The van der Waals surface area contributed by atoms with E-state index in [9.17, 15) is 14.4 Å². The Balaban J connectivity index is 1.52. The number of esters is 1. The van der Waals surface area contributed by atoms with Crippen molar-refractivity contribution in [3.8, 4) is 0 Å². The van der Waals surface area contributed by atoms with Gasteiger partial charge in [0.1, 0.15) is 0 Å². The number of H-pyrrole nitrogens is 2. The third kappa shape index (κ3) is 4.61. The molecule has 0 saturated carbocycles. The largest absolute Gasteiger partial charge is 0.452 e. The molecule has 1 amide bonds. The van der Waals surface area contributed by atoms with Gasteiger partial charge in [-0.2, -0.15) is 0 Å². The summed E-state index contributed by atoms with van der Waals surface area (Å²) >= 11 is 5.85. The van der Waals surface area contributed by atoms with Crippen molar-refractivity contribution in [3.05, 3.63) is 69.6 Å². The fourth-order valence-electron chi connectivity index (χ4n) is 2.27. The molecule has 2 aromatic carbocycles. The van der Waals surface area contributed by atoms with Gasteiger partial charge in [-0.15, -0.1) is 0 Å². The number of aromatic nitrogens is 2. The number of carbonyl (C=O) groups is 2. The third-order valence-corrected chi connectivity index (χ3v) is 3.64. The Labute approximate surface area is 152 Å². The van der Waals surface area contributed by atoms with E-state index in [1.165, 1.54) is 6.08 Å². The highest BCUT2D eigenvalue weighted by molar-refractivity contribution is 6.30. The molecule has 0 fully saturated rings. The first-order valence-electron chi connectivity index (χ1n) is 7.62. The highest BCUT2D eigenvalue weighted by Crippen LogP contribution is 2.14. The lowest BCUT2D eigenvalue weighted by Crippen LogP contribution is -2.20. The van der Waals surface area contributed by atoms with Crippen LogP contribution in [-0.2, 0) is 14.3 Å². The molecule has 8 heteroatoms. The van der Waals surface area contributed by atoms with E-state index in [1.807, 2.05) is 0 Å². The van der Waals surface area contributed by atoms with Crippen LogP contribution in [-0.4, -0.2) is 28.5 Å². The van der Waals surface area contributed by atoms with Crippen molar-refractivity contribution >= 4 is 46.3 Å². The normalized spacial score (nSPS) is 11.0. The topological polar surface area (TPSA) is 104 Å². The molecule has 0 saturated heterocycles. The summed E-state index contributed by atoms with van der Waals surface area (Å²) in [6, 6.07) is 11.8. The maximum absolute atomic E-state index is 11.9. The lowest BCUT2D eigenvalue weighted by molar-refractivity contribution is -0.142. The Bertz CT molecular complexity index is 1050. The summed E-state index contributed by atoms with van der Waals surface area (Å²) in [7, 11) is 0. The van der Waals surface area contributed by atoms with Crippen molar-refractivity contribution in [3.63, 3.8) is 0 Å². The van der Waals surface area contributed by atoms with Crippen molar-refractivity contribution in [2.24, 2.45) is 0 Å². The van der Waals surface area contributed by atoms with E-state index < -0.39 is 18.5 Å². The standard InChI is InChI=1S/C18H14ClN3O4/c19-12-3-1-2-11(8-12)4-7-17(24)26-10-16(23)20-13-5-6-14-15(9-13)22-18(25)21-14/h1-9H,10H2,(H,20,23)(H2,21,22,25). The molecule has 0 radical (unpaired) electrons. The molecule has 0 aliphatic carbocycles. The Morgan fingerprint density at radius 1 is 1.12 bits per heavy atom. The molecule has 26 heavy (non-hydrogen) atoms. The average Bonchev–Trinajstić information content (AvgIpc) is 2.97. The van der Waals surface area contributed by atoms with E-state index in [0.29, 0.717) is 21.7 Å². The minimum absolute atomic E-state index is 0.330. The molecular weight excluding hydrogens is 358 g/mol. The van der Waals surface area contributed by atoms with Crippen LogP contribution in [0, 0.1) is 0 Å². The number of fused-ring (bicyclic) bond motifs is 1. The SMILES string of the molecule is O=C(COC(=O)C=Cc1cccc(Cl)c1)Nc1ccc2[nH]c(=O)[nH]c2c1.